The number of nitrogens with one attached hydrogen (secondary N) is 1. The monoisotopic (exact) mass is 255 g/mol. The summed E-state index contributed by atoms with van der Waals surface area (Å²) in [6.45, 7) is 0.840. The third kappa shape index (κ3) is 3.93. The molecule has 0 aromatic heterocycles. The second-order valence-corrected chi connectivity index (χ2v) is 4.26. The van der Waals surface area contributed by atoms with Crippen molar-refractivity contribution in [2.24, 2.45) is 0 Å². The standard InChI is InChI=1S/C16H17NO2/c1-17-11-16(18)14-8-5-9-15(10-14)19-12-13-6-3-2-4-7-13/h2-10,17H,11-12H2,1H3. The molecule has 1 N–H and O–H groups in total. The highest BCUT2D eigenvalue weighted by Crippen LogP contribution is 2.15. The third-order valence-electron chi connectivity index (χ3n) is 2.74. The quantitative estimate of drug-likeness (QED) is 0.806. The molecule has 0 spiro atoms. The fraction of sp³-hybridized carbons (Fsp3) is 0.188. The van der Waals surface area contributed by atoms with Crippen molar-refractivity contribution < 1.29 is 9.53 Å². The van der Waals surface area contributed by atoms with E-state index < -0.39 is 0 Å². The molecule has 0 unspecified atom stereocenters. The maximum absolute atomic E-state index is 11.8. The van der Waals surface area contributed by atoms with Crippen LogP contribution in [0.2, 0.25) is 0 Å². The van der Waals surface area contributed by atoms with Gasteiger partial charge in [-0.1, -0.05) is 42.5 Å². The zero-order valence-corrected chi connectivity index (χ0v) is 10.9. The number of rotatable bonds is 6. The Morgan fingerprint density at radius 3 is 2.63 bits per heavy atom. The van der Waals surface area contributed by atoms with Gasteiger partial charge in [0.15, 0.2) is 5.78 Å². The lowest BCUT2D eigenvalue weighted by Gasteiger charge is -2.07. The Balaban J connectivity index is 2.01. The minimum absolute atomic E-state index is 0.0626. The van der Waals surface area contributed by atoms with Gasteiger partial charge in [0.1, 0.15) is 12.4 Å². The molecule has 19 heavy (non-hydrogen) atoms. The first-order valence-corrected chi connectivity index (χ1v) is 6.24. The zero-order chi connectivity index (χ0) is 13.5. The number of carbonyl (C=O) groups is 1. The predicted octanol–water partition coefficient (Wildman–Crippen LogP) is 2.67. The van der Waals surface area contributed by atoms with Gasteiger partial charge >= 0.3 is 0 Å². The molecule has 2 rings (SSSR count). The van der Waals surface area contributed by atoms with Gasteiger partial charge in [0, 0.05) is 5.56 Å². The van der Waals surface area contributed by atoms with Gasteiger partial charge in [-0.25, -0.2) is 0 Å². The van der Waals surface area contributed by atoms with Gasteiger partial charge in [0.25, 0.3) is 0 Å². The van der Waals surface area contributed by atoms with E-state index >= 15 is 0 Å². The number of benzene rings is 2. The fourth-order valence-corrected chi connectivity index (χ4v) is 1.76. The number of ether oxygens (including phenoxy) is 1. The Labute approximate surface area is 113 Å². The predicted molar refractivity (Wildman–Crippen MR) is 75.5 cm³/mol. The molecular formula is C16H17NO2. The van der Waals surface area contributed by atoms with E-state index in [1.165, 1.54) is 0 Å². The summed E-state index contributed by atoms with van der Waals surface area (Å²) in [7, 11) is 1.76. The minimum atomic E-state index is 0.0626. The van der Waals surface area contributed by atoms with Gasteiger partial charge in [-0.05, 0) is 24.7 Å². The minimum Gasteiger partial charge on any atom is -0.489 e. The molecule has 0 saturated heterocycles. The highest BCUT2D eigenvalue weighted by atomic mass is 16.5. The molecule has 0 aliphatic rings. The van der Waals surface area contributed by atoms with E-state index in [9.17, 15) is 4.79 Å². The maximum Gasteiger partial charge on any atom is 0.176 e. The highest BCUT2D eigenvalue weighted by molar-refractivity contribution is 5.97. The Morgan fingerprint density at radius 1 is 1.11 bits per heavy atom. The summed E-state index contributed by atoms with van der Waals surface area (Å²) >= 11 is 0. The molecule has 0 atom stereocenters. The molecule has 3 nitrogen and oxygen atoms in total. The van der Waals surface area contributed by atoms with Crippen molar-refractivity contribution in [1.29, 1.82) is 0 Å². The second kappa shape index (κ2) is 6.71. The molecule has 2 aromatic rings. The number of carbonyl (C=O) groups excluding carboxylic acids is 1. The number of hydrogen-bond acceptors (Lipinski definition) is 3. The van der Waals surface area contributed by atoms with Crippen LogP contribution in [0.15, 0.2) is 54.6 Å². The Hall–Kier alpha value is -2.13. The van der Waals surface area contributed by atoms with Crippen molar-refractivity contribution in [3.8, 4) is 5.75 Å². The molecule has 0 aliphatic carbocycles. The molecule has 0 aliphatic heterocycles. The number of Topliss-reactive ketones (excluding diaryl/α,β-unsaturated/α-hetero) is 1. The van der Waals surface area contributed by atoms with Crippen molar-refractivity contribution in [1.82, 2.24) is 5.32 Å². The molecule has 0 amide bonds. The van der Waals surface area contributed by atoms with Gasteiger partial charge < -0.3 is 10.1 Å². The van der Waals surface area contributed by atoms with Crippen LogP contribution in [0.1, 0.15) is 15.9 Å². The van der Waals surface area contributed by atoms with Gasteiger partial charge in [-0.3, -0.25) is 4.79 Å². The number of ketones is 1. The normalized spacial score (nSPS) is 10.2. The summed E-state index contributed by atoms with van der Waals surface area (Å²) < 4.78 is 5.69. The van der Waals surface area contributed by atoms with Gasteiger partial charge in [0.05, 0.1) is 6.54 Å². The Kier molecular flexibility index (Phi) is 4.70. The van der Waals surface area contributed by atoms with E-state index in [1.54, 1.807) is 19.2 Å². The molecule has 0 fully saturated rings. The number of hydrogen-bond donors (Lipinski definition) is 1. The van der Waals surface area contributed by atoms with E-state index in [1.807, 2.05) is 42.5 Å². The second-order valence-electron chi connectivity index (χ2n) is 4.26. The Morgan fingerprint density at radius 2 is 1.89 bits per heavy atom. The smallest absolute Gasteiger partial charge is 0.176 e. The number of likely N-dealkylation sites (N-methyl/N-ethyl adjacent to an activating group) is 1. The fourth-order valence-electron chi connectivity index (χ4n) is 1.76. The average Bonchev–Trinajstić information content (AvgIpc) is 2.47. The van der Waals surface area contributed by atoms with E-state index in [-0.39, 0.29) is 5.78 Å². The van der Waals surface area contributed by atoms with Crippen molar-refractivity contribution >= 4 is 5.78 Å². The summed E-state index contributed by atoms with van der Waals surface area (Å²) in [6.07, 6.45) is 0. The largest absolute Gasteiger partial charge is 0.489 e. The van der Waals surface area contributed by atoms with E-state index in [0.29, 0.717) is 24.5 Å². The van der Waals surface area contributed by atoms with E-state index in [4.69, 9.17) is 4.74 Å². The van der Waals surface area contributed by atoms with Crippen LogP contribution in [0.3, 0.4) is 0 Å². The van der Waals surface area contributed by atoms with Crippen molar-refractivity contribution in [3.63, 3.8) is 0 Å². The van der Waals surface area contributed by atoms with Crippen LogP contribution < -0.4 is 10.1 Å². The van der Waals surface area contributed by atoms with Crippen LogP contribution in [0.4, 0.5) is 0 Å². The molecule has 3 heteroatoms. The lowest BCUT2D eigenvalue weighted by atomic mass is 10.1. The summed E-state index contributed by atoms with van der Waals surface area (Å²) in [4.78, 5) is 11.8. The topological polar surface area (TPSA) is 38.3 Å². The van der Waals surface area contributed by atoms with Gasteiger partial charge in [-0.15, -0.1) is 0 Å². The molecule has 0 bridgehead atoms. The van der Waals surface area contributed by atoms with Crippen molar-refractivity contribution in [2.45, 2.75) is 6.61 Å². The van der Waals surface area contributed by atoms with Crippen LogP contribution in [0.5, 0.6) is 5.75 Å². The molecule has 0 saturated carbocycles. The lowest BCUT2D eigenvalue weighted by Crippen LogP contribution is -2.18. The first kappa shape index (κ1) is 13.3. The summed E-state index contributed by atoms with van der Waals surface area (Å²) in [5, 5.41) is 2.85. The molecule has 0 radical (unpaired) electrons. The molecular weight excluding hydrogens is 238 g/mol. The summed E-state index contributed by atoms with van der Waals surface area (Å²) in [5.74, 6) is 0.776. The summed E-state index contributed by atoms with van der Waals surface area (Å²) in [5.41, 5.74) is 1.77. The zero-order valence-electron chi connectivity index (χ0n) is 10.9. The van der Waals surface area contributed by atoms with Crippen LogP contribution in [-0.2, 0) is 6.61 Å². The van der Waals surface area contributed by atoms with Crippen LogP contribution >= 0.6 is 0 Å². The SMILES string of the molecule is CNCC(=O)c1cccc(OCc2ccccc2)c1. The summed E-state index contributed by atoms with van der Waals surface area (Å²) in [6, 6.07) is 17.2. The van der Waals surface area contributed by atoms with Crippen molar-refractivity contribution in [3.05, 3.63) is 65.7 Å². The molecule has 0 heterocycles. The third-order valence-corrected chi connectivity index (χ3v) is 2.74. The first-order chi connectivity index (χ1) is 9.29. The first-order valence-electron chi connectivity index (χ1n) is 6.24. The average molecular weight is 255 g/mol. The molecule has 98 valence electrons. The van der Waals surface area contributed by atoms with Crippen LogP contribution in [-0.4, -0.2) is 19.4 Å². The lowest BCUT2D eigenvalue weighted by molar-refractivity contribution is 0.0993. The maximum atomic E-state index is 11.8. The van der Waals surface area contributed by atoms with E-state index in [0.717, 1.165) is 5.56 Å². The van der Waals surface area contributed by atoms with Crippen molar-refractivity contribution in [2.75, 3.05) is 13.6 Å². The van der Waals surface area contributed by atoms with Crippen LogP contribution in [0.25, 0.3) is 0 Å². The van der Waals surface area contributed by atoms with Crippen LogP contribution in [0, 0.1) is 0 Å². The highest BCUT2D eigenvalue weighted by Gasteiger charge is 2.05. The van der Waals surface area contributed by atoms with Gasteiger partial charge in [0.2, 0.25) is 0 Å². The van der Waals surface area contributed by atoms with E-state index in [2.05, 4.69) is 5.32 Å². The Bertz CT molecular complexity index is 537. The van der Waals surface area contributed by atoms with Gasteiger partial charge in [-0.2, -0.15) is 0 Å². The molecule has 2 aromatic carbocycles.